The maximum atomic E-state index is 12.4. The van der Waals surface area contributed by atoms with Crippen molar-refractivity contribution < 1.29 is 9.63 Å². The molecule has 0 aliphatic rings. The van der Waals surface area contributed by atoms with Gasteiger partial charge in [-0.2, -0.15) is 0 Å². The highest BCUT2D eigenvalue weighted by molar-refractivity contribution is 6.18. The van der Waals surface area contributed by atoms with Gasteiger partial charge in [-0.1, -0.05) is 48.5 Å². The van der Waals surface area contributed by atoms with E-state index in [4.69, 9.17) is 27.2 Å². The maximum absolute atomic E-state index is 12.4. The molecule has 0 spiro atoms. The van der Waals surface area contributed by atoms with Crippen LogP contribution >= 0.6 is 11.6 Å². The lowest BCUT2D eigenvalue weighted by Gasteiger charge is -2.35. The number of halogens is 1. The molecule has 0 aliphatic carbocycles. The fourth-order valence-corrected chi connectivity index (χ4v) is 4.24. The number of nitrogens with zero attached hydrogens (tertiary/aromatic N) is 2. The van der Waals surface area contributed by atoms with Gasteiger partial charge in [-0.25, -0.2) is 10.5 Å². The fourth-order valence-electron chi connectivity index (χ4n) is 3.97. The number of benzene rings is 2. The van der Waals surface area contributed by atoms with E-state index >= 15 is 0 Å². The second kappa shape index (κ2) is 10.4. The molecule has 0 fully saturated rings. The Hall–Kier alpha value is -3.19. The number of alkyl halides is 1. The molecule has 6 nitrogen and oxygen atoms in total. The Balaban J connectivity index is 1.45. The minimum atomic E-state index is -0.835. The number of fused-ring (bicyclic) bond motifs is 1. The number of nitrogens with one attached hydrogen (secondary N) is 1. The van der Waals surface area contributed by atoms with Crippen molar-refractivity contribution in [1.82, 2.24) is 14.9 Å². The molecular formula is C27H29ClN4O2. The van der Waals surface area contributed by atoms with E-state index in [1.165, 1.54) is 0 Å². The van der Waals surface area contributed by atoms with Crippen LogP contribution in [0.3, 0.4) is 0 Å². The number of rotatable bonds is 9. The van der Waals surface area contributed by atoms with Gasteiger partial charge in [0.25, 0.3) is 5.91 Å². The lowest BCUT2D eigenvalue weighted by Crippen LogP contribution is -2.49. The number of aromatic nitrogens is 2. The number of hydrogen-bond acceptors (Lipinski definition) is 4. The van der Waals surface area contributed by atoms with E-state index in [2.05, 4.69) is 42.7 Å². The molecule has 0 bridgehead atoms. The van der Waals surface area contributed by atoms with Crippen LogP contribution in [0.15, 0.2) is 79.1 Å². The highest BCUT2D eigenvalue weighted by Crippen LogP contribution is 2.27. The van der Waals surface area contributed by atoms with Crippen LogP contribution in [0.25, 0.3) is 16.9 Å². The standard InChI is InChI=1S/C27H29ClN4O2/c1-19-7-6-14-32-17-24(30-25(19)32)21-12-10-20(11-13-21)15-23(16-29)27(2,18-28)34-31-26(33)22-8-4-3-5-9-22/h3-14,17,23H,15-16,18,29H2,1-2H3,(H,31,33)/t23-,27?/m0/s1. The zero-order chi connectivity index (χ0) is 24.1. The van der Waals surface area contributed by atoms with Crippen molar-refractivity contribution in [1.29, 1.82) is 0 Å². The molecule has 34 heavy (non-hydrogen) atoms. The number of aryl methyl sites for hydroxylation is 1. The first-order valence-electron chi connectivity index (χ1n) is 11.3. The number of pyridine rings is 1. The molecule has 0 saturated carbocycles. The summed E-state index contributed by atoms with van der Waals surface area (Å²) in [4.78, 5) is 23.0. The van der Waals surface area contributed by atoms with Crippen LogP contribution < -0.4 is 11.2 Å². The first-order valence-corrected chi connectivity index (χ1v) is 11.8. The number of hydrogen-bond donors (Lipinski definition) is 2. The first-order chi connectivity index (χ1) is 16.4. The second-order valence-corrected chi connectivity index (χ2v) is 8.99. The van der Waals surface area contributed by atoms with Gasteiger partial charge < -0.3 is 10.1 Å². The maximum Gasteiger partial charge on any atom is 0.274 e. The van der Waals surface area contributed by atoms with Gasteiger partial charge in [0, 0.05) is 29.4 Å². The van der Waals surface area contributed by atoms with Crippen molar-refractivity contribution in [2.45, 2.75) is 25.9 Å². The van der Waals surface area contributed by atoms with E-state index in [9.17, 15) is 4.79 Å². The molecule has 4 aromatic rings. The lowest BCUT2D eigenvalue weighted by atomic mass is 9.85. The fraction of sp³-hybridized carbons (Fsp3) is 0.259. The van der Waals surface area contributed by atoms with E-state index in [1.54, 1.807) is 24.3 Å². The number of amides is 1. The average molecular weight is 477 g/mol. The van der Waals surface area contributed by atoms with E-state index in [-0.39, 0.29) is 17.7 Å². The summed E-state index contributed by atoms with van der Waals surface area (Å²) in [6.45, 7) is 4.29. The Morgan fingerprint density at radius 1 is 1.15 bits per heavy atom. The molecule has 0 radical (unpaired) electrons. The Labute approximate surface area is 204 Å². The molecule has 2 aromatic heterocycles. The highest BCUT2D eigenvalue weighted by Gasteiger charge is 2.35. The molecule has 0 saturated heterocycles. The lowest BCUT2D eigenvalue weighted by molar-refractivity contribution is -0.0990. The van der Waals surface area contributed by atoms with Gasteiger partial charge >= 0.3 is 0 Å². The van der Waals surface area contributed by atoms with Gasteiger partial charge in [0.15, 0.2) is 0 Å². The molecule has 7 heteroatoms. The molecule has 3 N–H and O–H groups in total. The van der Waals surface area contributed by atoms with Gasteiger partial charge in [0.05, 0.1) is 11.6 Å². The zero-order valence-corrected chi connectivity index (χ0v) is 20.1. The van der Waals surface area contributed by atoms with Crippen molar-refractivity contribution in [3.8, 4) is 11.3 Å². The van der Waals surface area contributed by atoms with Crippen LogP contribution in [0.4, 0.5) is 0 Å². The van der Waals surface area contributed by atoms with Crippen LogP contribution in [-0.2, 0) is 11.3 Å². The molecule has 176 valence electrons. The Kier molecular flexibility index (Phi) is 7.32. The number of nitrogens with two attached hydrogens (primary N) is 1. The van der Waals surface area contributed by atoms with Gasteiger partial charge in [0.1, 0.15) is 11.2 Å². The average Bonchev–Trinajstić information content (AvgIpc) is 3.32. The topological polar surface area (TPSA) is 81.6 Å². The third-order valence-electron chi connectivity index (χ3n) is 6.24. The summed E-state index contributed by atoms with van der Waals surface area (Å²) in [5, 5.41) is 0. The summed E-state index contributed by atoms with van der Waals surface area (Å²) in [5.41, 5.74) is 13.5. The minimum Gasteiger partial charge on any atom is -0.330 e. The van der Waals surface area contributed by atoms with Crippen molar-refractivity contribution >= 4 is 23.2 Å². The Bertz CT molecular complexity index is 1260. The van der Waals surface area contributed by atoms with E-state index in [1.807, 2.05) is 35.9 Å². The normalized spacial score (nSPS) is 14.0. The van der Waals surface area contributed by atoms with Crippen LogP contribution in [0, 0.1) is 12.8 Å². The molecule has 0 aliphatic heterocycles. The van der Waals surface area contributed by atoms with Crippen LogP contribution in [-0.4, -0.2) is 33.3 Å². The molecule has 1 amide bonds. The summed E-state index contributed by atoms with van der Waals surface area (Å²) < 4.78 is 2.04. The van der Waals surface area contributed by atoms with Crippen molar-refractivity contribution in [2.24, 2.45) is 11.7 Å². The van der Waals surface area contributed by atoms with Gasteiger partial charge in [-0.05, 0) is 56.1 Å². The molecule has 2 atom stereocenters. The second-order valence-electron chi connectivity index (χ2n) is 8.73. The zero-order valence-electron chi connectivity index (χ0n) is 19.4. The Morgan fingerprint density at radius 2 is 1.88 bits per heavy atom. The van der Waals surface area contributed by atoms with E-state index in [0.29, 0.717) is 18.5 Å². The third-order valence-corrected chi connectivity index (χ3v) is 6.77. The largest absolute Gasteiger partial charge is 0.330 e. The van der Waals surface area contributed by atoms with Crippen molar-refractivity contribution in [2.75, 3.05) is 12.4 Å². The van der Waals surface area contributed by atoms with Crippen LogP contribution in [0.1, 0.15) is 28.4 Å². The quantitative estimate of drug-likeness (QED) is 0.269. The molecule has 2 heterocycles. The monoisotopic (exact) mass is 476 g/mol. The van der Waals surface area contributed by atoms with Crippen LogP contribution in [0.5, 0.6) is 0 Å². The summed E-state index contributed by atoms with van der Waals surface area (Å²) in [5.74, 6) is -0.243. The molecule has 1 unspecified atom stereocenters. The Morgan fingerprint density at radius 3 is 2.53 bits per heavy atom. The molecule has 2 aromatic carbocycles. The third kappa shape index (κ3) is 5.14. The predicted molar refractivity (Wildman–Crippen MR) is 136 cm³/mol. The van der Waals surface area contributed by atoms with E-state index < -0.39 is 5.60 Å². The van der Waals surface area contributed by atoms with Gasteiger partial charge in [-0.15, -0.1) is 11.6 Å². The predicted octanol–water partition coefficient (Wildman–Crippen LogP) is 4.79. The minimum absolute atomic E-state index is 0.107. The summed E-state index contributed by atoms with van der Waals surface area (Å²) in [6, 6.07) is 21.3. The number of hydroxylamine groups is 1. The summed E-state index contributed by atoms with van der Waals surface area (Å²) >= 11 is 6.29. The van der Waals surface area contributed by atoms with Crippen molar-refractivity contribution in [3.63, 3.8) is 0 Å². The van der Waals surface area contributed by atoms with Crippen LogP contribution in [0.2, 0.25) is 0 Å². The number of carbonyl (C=O) groups excluding carboxylic acids is 1. The number of imidazole rings is 1. The smallest absolute Gasteiger partial charge is 0.274 e. The summed E-state index contributed by atoms with van der Waals surface area (Å²) in [7, 11) is 0. The van der Waals surface area contributed by atoms with Gasteiger partial charge in [-0.3, -0.25) is 9.63 Å². The van der Waals surface area contributed by atoms with Gasteiger partial charge in [0.2, 0.25) is 0 Å². The highest BCUT2D eigenvalue weighted by atomic mass is 35.5. The SMILES string of the molecule is Cc1cccn2cc(-c3ccc(C[C@@H](CN)C(C)(CCl)ONC(=O)c4ccccc4)cc3)nc12. The van der Waals surface area contributed by atoms with Crippen molar-refractivity contribution in [3.05, 3.63) is 95.8 Å². The summed E-state index contributed by atoms with van der Waals surface area (Å²) in [6.07, 6.45) is 4.70. The molecular weight excluding hydrogens is 448 g/mol. The van der Waals surface area contributed by atoms with E-state index in [0.717, 1.165) is 28.0 Å². The number of carbonyl (C=O) groups is 1. The molecule has 4 rings (SSSR count). The first kappa shape index (κ1) is 24.0.